The van der Waals surface area contributed by atoms with Gasteiger partial charge < -0.3 is 14.4 Å². The number of tetrazole rings is 1. The van der Waals surface area contributed by atoms with Gasteiger partial charge in [-0.2, -0.15) is 0 Å². The number of imidazole rings is 1. The van der Waals surface area contributed by atoms with E-state index in [1.54, 1.807) is 24.3 Å². The first-order chi connectivity index (χ1) is 19.5. The van der Waals surface area contributed by atoms with Gasteiger partial charge in [0.2, 0.25) is 0 Å². The number of nitrogens with one attached hydrogen (secondary N) is 1. The number of fused-ring (bicyclic) bond motifs is 1. The molecule has 6 aromatic rings. The van der Waals surface area contributed by atoms with Crippen molar-refractivity contribution in [2.24, 2.45) is 0 Å². The minimum Gasteiger partial charge on any atom is -0.491 e. The molecule has 11 nitrogen and oxygen atoms in total. The van der Waals surface area contributed by atoms with Crippen LogP contribution in [0.2, 0.25) is 0 Å². The Bertz CT molecular complexity index is 1800. The van der Waals surface area contributed by atoms with Gasteiger partial charge in [0.05, 0.1) is 5.56 Å². The van der Waals surface area contributed by atoms with Crippen molar-refractivity contribution < 1.29 is 14.6 Å². The summed E-state index contributed by atoms with van der Waals surface area (Å²) >= 11 is 0. The number of nitrogens with zero attached hydrogens (tertiary/aromatic N) is 7. The lowest BCUT2D eigenvalue weighted by molar-refractivity contribution is 0.0727. The fourth-order valence-electron chi connectivity index (χ4n) is 4.61. The molecule has 0 bridgehead atoms. The average molecular weight is 533 g/mol. The Morgan fingerprint density at radius 3 is 2.35 bits per heavy atom. The van der Waals surface area contributed by atoms with Crippen LogP contribution in [0.15, 0.2) is 78.9 Å². The molecule has 0 aliphatic rings. The van der Waals surface area contributed by atoms with E-state index in [-0.39, 0.29) is 23.2 Å². The van der Waals surface area contributed by atoms with Gasteiger partial charge in [-0.05, 0) is 39.2 Å². The van der Waals surface area contributed by atoms with Gasteiger partial charge in [0.15, 0.2) is 11.3 Å². The second kappa shape index (κ2) is 10.4. The summed E-state index contributed by atoms with van der Waals surface area (Å²) in [4.78, 5) is 17.4. The van der Waals surface area contributed by atoms with Gasteiger partial charge in [-0.3, -0.25) is 0 Å². The third-order valence-corrected chi connectivity index (χ3v) is 6.50. The topological polar surface area (TPSA) is 145 Å². The zero-order valence-corrected chi connectivity index (χ0v) is 21.7. The fraction of sp³-hybridized carbons (Fsp3) is 0.138. The van der Waals surface area contributed by atoms with Crippen LogP contribution in [0.25, 0.3) is 33.5 Å². The maximum atomic E-state index is 12.7. The average Bonchev–Trinajstić information content (AvgIpc) is 3.65. The van der Waals surface area contributed by atoms with Gasteiger partial charge in [-0.1, -0.05) is 80.6 Å². The third-order valence-electron chi connectivity index (χ3n) is 6.50. The Hall–Kier alpha value is -5.45. The van der Waals surface area contributed by atoms with Gasteiger partial charge in [0.25, 0.3) is 11.8 Å². The molecule has 0 fully saturated rings. The molecule has 0 atom stereocenters. The predicted octanol–water partition coefficient (Wildman–Crippen LogP) is 4.77. The van der Waals surface area contributed by atoms with Crippen LogP contribution in [0.3, 0.4) is 0 Å². The Labute approximate surface area is 228 Å². The maximum absolute atomic E-state index is 12.7. The summed E-state index contributed by atoms with van der Waals surface area (Å²) < 4.78 is 7.44. The molecule has 0 amide bonds. The van der Waals surface area contributed by atoms with Crippen molar-refractivity contribution in [2.45, 2.75) is 26.3 Å². The summed E-state index contributed by atoms with van der Waals surface area (Å²) in [6.07, 6.45) is 0. The lowest BCUT2D eigenvalue weighted by Gasteiger charge is -2.13. The van der Waals surface area contributed by atoms with E-state index >= 15 is 0 Å². The number of hydrogen-bond donors (Lipinski definition) is 2. The number of benzene rings is 3. The summed E-state index contributed by atoms with van der Waals surface area (Å²) in [5, 5.41) is 32.8. The number of carbonyl (C=O) groups is 1. The van der Waals surface area contributed by atoms with E-state index in [0.29, 0.717) is 29.3 Å². The molecule has 2 N–H and O–H groups in total. The van der Waals surface area contributed by atoms with Gasteiger partial charge >= 0.3 is 5.97 Å². The highest BCUT2D eigenvalue weighted by atomic mass is 16.5. The zero-order chi connectivity index (χ0) is 27.6. The van der Waals surface area contributed by atoms with E-state index in [1.807, 2.05) is 73.0 Å². The van der Waals surface area contributed by atoms with Gasteiger partial charge in [0.1, 0.15) is 11.3 Å². The predicted molar refractivity (Wildman–Crippen MR) is 147 cm³/mol. The van der Waals surface area contributed by atoms with E-state index in [1.165, 1.54) is 0 Å². The van der Waals surface area contributed by atoms with Crippen LogP contribution in [0.4, 0.5) is 0 Å². The van der Waals surface area contributed by atoms with Crippen LogP contribution in [-0.4, -0.2) is 51.4 Å². The number of esters is 1. The normalized spacial score (nSPS) is 11.3. The van der Waals surface area contributed by atoms with E-state index < -0.39 is 5.97 Å². The quantitative estimate of drug-likeness (QED) is 0.278. The molecular formula is C29H24N8O3. The fourth-order valence-corrected chi connectivity index (χ4v) is 4.61. The number of H-pyrrole nitrogens is 1. The zero-order valence-electron chi connectivity index (χ0n) is 21.7. The molecule has 11 heteroatoms. The van der Waals surface area contributed by atoms with Gasteiger partial charge in [0, 0.05) is 18.0 Å². The minimum atomic E-state index is -0.584. The molecule has 0 aliphatic heterocycles. The number of carbonyl (C=O) groups excluding carboxylic acids is 1. The first-order valence-corrected chi connectivity index (χ1v) is 12.6. The summed E-state index contributed by atoms with van der Waals surface area (Å²) in [7, 11) is 0. The molecule has 40 heavy (non-hydrogen) atoms. The molecule has 0 spiro atoms. The number of aromatic hydroxyl groups is 1. The molecule has 0 radical (unpaired) electrons. The van der Waals surface area contributed by atoms with Gasteiger partial charge in [-0.15, -0.1) is 15.3 Å². The van der Waals surface area contributed by atoms with Crippen molar-refractivity contribution in [3.05, 3.63) is 95.8 Å². The Kier molecular flexibility index (Phi) is 6.44. The van der Waals surface area contributed by atoms with Crippen molar-refractivity contribution in [1.29, 1.82) is 0 Å². The van der Waals surface area contributed by atoms with Crippen molar-refractivity contribution in [3.63, 3.8) is 0 Å². The first kappa shape index (κ1) is 24.9. The van der Waals surface area contributed by atoms with Crippen molar-refractivity contribution in [3.8, 4) is 34.3 Å². The Balaban J connectivity index is 1.35. The monoisotopic (exact) mass is 532 g/mol. The Morgan fingerprint density at radius 1 is 0.925 bits per heavy atom. The van der Waals surface area contributed by atoms with Crippen LogP contribution in [-0.2, 0) is 6.54 Å². The summed E-state index contributed by atoms with van der Waals surface area (Å²) in [5.74, 6) is 0.359. The highest BCUT2D eigenvalue weighted by Crippen LogP contribution is 2.34. The molecule has 3 heterocycles. The van der Waals surface area contributed by atoms with Crippen molar-refractivity contribution in [1.82, 2.24) is 40.4 Å². The molecule has 0 saturated carbocycles. The molecule has 3 aromatic heterocycles. The number of hydrogen-bond acceptors (Lipinski definition) is 9. The largest absolute Gasteiger partial charge is 0.491 e. The Morgan fingerprint density at radius 2 is 1.65 bits per heavy atom. The van der Waals surface area contributed by atoms with Crippen LogP contribution < -0.4 is 4.74 Å². The van der Waals surface area contributed by atoms with Crippen LogP contribution in [0.5, 0.6) is 11.8 Å². The van der Waals surface area contributed by atoms with Crippen LogP contribution >= 0.6 is 0 Å². The van der Waals surface area contributed by atoms with E-state index in [4.69, 9.17) is 9.72 Å². The second-order valence-corrected chi connectivity index (χ2v) is 9.48. The lowest BCUT2D eigenvalue weighted by Crippen LogP contribution is -2.10. The molecule has 3 aromatic carbocycles. The third kappa shape index (κ3) is 4.64. The van der Waals surface area contributed by atoms with Crippen molar-refractivity contribution >= 4 is 17.0 Å². The van der Waals surface area contributed by atoms with Crippen molar-refractivity contribution in [2.75, 3.05) is 0 Å². The summed E-state index contributed by atoms with van der Waals surface area (Å²) in [6, 6.07) is 24.6. The standard InChI is InChI=1S/C29H24N8O3/c1-17(2)26-30-23-24(27(38)33-34-28(23)40-29(39)20-8-4-3-5-9-20)37(26)16-18-12-14-19(15-13-18)21-10-6-7-11-22(21)25-31-35-36-32-25/h3-15,17H,16H2,1-2H3,(H,33,38)(H,31,32,35,36). The summed E-state index contributed by atoms with van der Waals surface area (Å²) in [6.45, 7) is 4.41. The lowest BCUT2D eigenvalue weighted by atomic mass is 9.98. The molecule has 198 valence electrons. The number of ether oxygens (including phenoxy) is 1. The molecule has 6 rings (SSSR count). The maximum Gasteiger partial charge on any atom is 0.344 e. The number of rotatable bonds is 7. The highest BCUT2D eigenvalue weighted by molar-refractivity contribution is 5.93. The first-order valence-electron chi connectivity index (χ1n) is 12.6. The minimum absolute atomic E-state index is 0.00569. The second-order valence-electron chi connectivity index (χ2n) is 9.48. The molecule has 0 aliphatic carbocycles. The summed E-state index contributed by atoms with van der Waals surface area (Å²) in [5.41, 5.74) is 4.84. The van der Waals surface area contributed by atoms with E-state index in [9.17, 15) is 9.90 Å². The van der Waals surface area contributed by atoms with Crippen LogP contribution in [0, 0.1) is 0 Å². The number of aromatic nitrogens is 8. The molecular weight excluding hydrogens is 508 g/mol. The van der Waals surface area contributed by atoms with E-state index in [2.05, 4.69) is 30.8 Å². The molecule has 0 unspecified atom stereocenters. The smallest absolute Gasteiger partial charge is 0.344 e. The van der Waals surface area contributed by atoms with Crippen LogP contribution in [0.1, 0.15) is 41.5 Å². The highest BCUT2D eigenvalue weighted by Gasteiger charge is 2.24. The molecule has 0 saturated heterocycles. The van der Waals surface area contributed by atoms with E-state index in [0.717, 1.165) is 22.3 Å². The van der Waals surface area contributed by atoms with Gasteiger partial charge in [-0.25, -0.2) is 14.9 Å². The SMILES string of the molecule is CC(C)c1nc2c(OC(=O)c3ccccc3)nnc(O)c2n1Cc1ccc(-c2ccccc2-c2nnn[nH]2)cc1. The number of aromatic amines is 1.